The van der Waals surface area contributed by atoms with E-state index in [1.54, 1.807) is 26.2 Å². The van der Waals surface area contributed by atoms with Gasteiger partial charge in [0.15, 0.2) is 0 Å². The molecule has 1 aromatic rings. The molecule has 0 radical (unpaired) electrons. The Kier molecular flexibility index (Phi) is 4.90. The van der Waals surface area contributed by atoms with Gasteiger partial charge in [-0.2, -0.15) is 0 Å². The second-order valence-corrected chi connectivity index (χ2v) is 6.61. The topological polar surface area (TPSA) is 69.7 Å². The number of carbonyl (C=O) groups is 1. The first kappa shape index (κ1) is 15.5. The average Bonchev–Trinajstić information content (AvgIpc) is 2.36. The maximum absolute atomic E-state index is 11.8. The van der Waals surface area contributed by atoms with E-state index >= 15 is 0 Å². The van der Waals surface area contributed by atoms with Crippen LogP contribution in [-0.4, -0.2) is 58.3 Å². The van der Waals surface area contributed by atoms with Crippen molar-refractivity contribution in [3.63, 3.8) is 0 Å². The summed E-state index contributed by atoms with van der Waals surface area (Å²) < 4.78 is 24.8. The van der Waals surface area contributed by atoms with Gasteiger partial charge in [0.05, 0.1) is 11.4 Å². The summed E-state index contributed by atoms with van der Waals surface area (Å²) in [5.74, 6) is -0.0509. The van der Waals surface area contributed by atoms with Crippen molar-refractivity contribution in [2.24, 2.45) is 0 Å². The van der Waals surface area contributed by atoms with Gasteiger partial charge in [-0.25, -0.2) is 12.7 Å². The standard InChI is InChI=1S/C12H19N3O3S/c1-14(2)12(16)9-13-10-5-7-11(8-6-10)19(17,18)15(3)4/h5-8,13H,9H2,1-4H3. The highest BCUT2D eigenvalue weighted by Gasteiger charge is 2.16. The van der Waals surface area contributed by atoms with Gasteiger partial charge in [0.25, 0.3) is 0 Å². The normalized spacial score (nSPS) is 11.4. The minimum atomic E-state index is -3.41. The molecule has 106 valence electrons. The van der Waals surface area contributed by atoms with Crippen LogP contribution >= 0.6 is 0 Å². The SMILES string of the molecule is CN(C)C(=O)CNc1ccc(S(=O)(=O)N(C)C)cc1. The fraction of sp³-hybridized carbons (Fsp3) is 0.417. The Hall–Kier alpha value is -1.60. The van der Waals surface area contributed by atoms with E-state index in [9.17, 15) is 13.2 Å². The molecule has 1 N–H and O–H groups in total. The summed E-state index contributed by atoms with van der Waals surface area (Å²) in [5.41, 5.74) is 0.702. The zero-order chi connectivity index (χ0) is 14.6. The maximum atomic E-state index is 11.8. The first-order valence-electron chi connectivity index (χ1n) is 5.72. The molecule has 0 aromatic heterocycles. The van der Waals surface area contributed by atoms with Crippen LogP contribution in [0.2, 0.25) is 0 Å². The third kappa shape index (κ3) is 3.93. The summed E-state index contributed by atoms with van der Waals surface area (Å²) in [4.78, 5) is 13.1. The zero-order valence-electron chi connectivity index (χ0n) is 11.5. The Morgan fingerprint density at radius 3 is 2.05 bits per heavy atom. The number of hydrogen-bond acceptors (Lipinski definition) is 4. The molecular formula is C12H19N3O3S. The molecule has 0 unspecified atom stereocenters. The van der Waals surface area contributed by atoms with E-state index in [1.807, 2.05) is 0 Å². The summed E-state index contributed by atoms with van der Waals surface area (Å²) in [5, 5.41) is 2.93. The Morgan fingerprint density at radius 2 is 1.63 bits per heavy atom. The molecule has 6 nitrogen and oxygen atoms in total. The second kappa shape index (κ2) is 6.03. The predicted molar refractivity (Wildman–Crippen MR) is 74.5 cm³/mol. The number of nitrogens with zero attached hydrogens (tertiary/aromatic N) is 2. The van der Waals surface area contributed by atoms with Gasteiger partial charge in [-0.3, -0.25) is 4.79 Å². The lowest BCUT2D eigenvalue weighted by Crippen LogP contribution is -2.28. The molecule has 0 fully saturated rings. The van der Waals surface area contributed by atoms with Gasteiger partial charge in [-0.05, 0) is 24.3 Å². The van der Waals surface area contributed by atoms with Crippen molar-refractivity contribution in [2.75, 3.05) is 40.1 Å². The smallest absolute Gasteiger partial charge is 0.242 e. The van der Waals surface area contributed by atoms with Gasteiger partial charge >= 0.3 is 0 Å². The van der Waals surface area contributed by atoms with Gasteiger partial charge in [0.2, 0.25) is 15.9 Å². The van der Waals surface area contributed by atoms with Crippen LogP contribution in [0.5, 0.6) is 0 Å². The lowest BCUT2D eigenvalue weighted by atomic mass is 10.3. The van der Waals surface area contributed by atoms with E-state index in [4.69, 9.17) is 0 Å². The van der Waals surface area contributed by atoms with Crippen LogP contribution in [0.1, 0.15) is 0 Å². The third-order valence-corrected chi connectivity index (χ3v) is 4.40. The molecule has 0 bridgehead atoms. The Labute approximate surface area is 114 Å². The van der Waals surface area contributed by atoms with Crippen molar-refractivity contribution < 1.29 is 13.2 Å². The maximum Gasteiger partial charge on any atom is 0.242 e. The van der Waals surface area contributed by atoms with E-state index in [0.29, 0.717) is 5.69 Å². The summed E-state index contributed by atoms with van der Waals surface area (Å²) in [6.07, 6.45) is 0. The average molecular weight is 285 g/mol. The number of carbonyl (C=O) groups excluding carboxylic acids is 1. The number of anilines is 1. The highest BCUT2D eigenvalue weighted by molar-refractivity contribution is 7.89. The molecule has 0 aliphatic carbocycles. The molecule has 0 heterocycles. The Balaban J connectivity index is 2.75. The molecule has 1 amide bonds. The van der Waals surface area contributed by atoms with Crippen LogP contribution < -0.4 is 5.32 Å². The van der Waals surface area contributed by atoms with Crippen molar-refractivity contribution in [3.05, 3.63) is 24.3 Å². The number of likely N-dealkylation sites (N-methyl/N-ethyl adjacent to an activating group) is 1. The first-order valence-corrected chi connectivity index (χ1v) is 7.16. The Morgan fingerprint density at radius 1 is 1.11 bits per heavy atom. The van der Waals surface area contributed by atoms with Crippen LogP contribution in [0, 0.1) is 0 Å². The van der Waals surface area contributed by atoms with Gasteiger partial charge in [0, 0.05) is 33.9 Å². The van der Waals surface area contributed by atoms with Crippen molar-refractivity contribution >= 4 is 21.6 Å². The van der Waals surface area contributed by atoms with Crippen molar-refractivity contribution in [3.8, 4) is 0 Å². The highest BCUT2D eigenvalue weighted by atomic mass is 32.2. The number of sulfonamides is 1. The van der Waals surface area contributed by atoms with E-state index < -0.39 is 10.0 Å². The van der Waals surface area contributed by atoms with Crippen LogP contribution in [-0.2, 0) is 14.8 Å². The highest BCUT2D eigenvalue weighted by Crippen LogP contribution is 2.16. The number of amides is 1. The number of nitrogens with one attached hydrogen (secondary N) is 1. The molecule has 0 aliphatic rings. The second-order valence-electron chi connectivity index (χ2n) is 4.45. The summed E-state index contributed by atoms with van der Waals surface area (Å²) >= 11 is 0. The molecule has 0 atom stereocenters. The minimum absolute atomic E-state index is 0.0509. The quantitative estimate of drug-likeness (QED) is 0.852. The lowest BCUT2D eigenvalue weighted by molar-refractivity contribution is -0.126. The molecule has 1 rings (SSSR count). The number of rotatable bonds is 5. The summed E-state index contributed by atoms with van der Waals surface area (Å²) in [7, 11) is 2.91. The van der Waals surface area contributed by atoms with Gasteiger partial charge in [-0.1, -0.05) is 0 Å². The van der Waals surface area contributed by atoms with Crippen LogP contribution in [0.25, 0.3) is 0 Å². The summed E-state index contributed by atoms with van der Waals surface area (Å²) in [6, 6.07) is 6.30. The molecule has 1 aromatic carbocycles. The fourth-order valence-electron chi connectivity index (χ4n) is 1.29. The fourth-order valence-corrected chi connectivity index (χ4v) is 2.19. The summed E-state index contributed by atoms with van der Waals surface area (Å²) in [6.45, 7) is 0.173. The molecule has 19 heavy (non-hydrogen) atoms. The predicted octanol–water partition coefficient (Wildman–Crippen LogP) is 0.437. The molecule has 0 aliphatic heterocycles. The Bertz CT molecular complexity index is 536. The van der Waals surface area contributed by atoms with E-state index in [0.717, 1.165) is 4.31 Å². The van der Waals surface area contributed by atoms with E-state index in [1.165, 1.54) is 31.1 Å². The van der Waals surface area contributed by atoms with Gasteiger partial charge in [0.1, 0.15) is 0 Å². The minimum Gasteiger partial charge on any atom is -0.376 e. The first-order chi connectivity index (χ1) is 8.75. The molecule has 0 saturated carbocycles. The number of hydrogen-bond donors (Lipinski definition) is 1. The molecule has 0 spiro atoms. The van der Waals surface area contributed by atoms with E-state index in [-0.39, 0.29) is 17.3 Å². The van der Waals surface area contributed by atoms with Crippen molar-refractivity contribution in [2.45, 2.75) is 4.90 Å². The van der Waals surface area contributed by atoms with Crippen LogP contribution in [0.4, 0.5) is 5.69 Å². The lowest BCUT2D eigenvalue weighted by Gasteiger charge is -2.13. The monoisotopic (exact) mass is 285 g/mol. The third-order valence-electron chi connectivity index (χ3n) is 2.58. The molecule has 0 saturated heterocycles. The van der Waals surface area contributed by atoms with Gasteiger partial charge < -0.3 is 10.2 Å². The van der Waals surface area contributed by atoms with Gasteiger partial charge in [-0.15, -0.1) is 0 Å². The number of benzene rings is 1. The van der Waals surface area contributed by atoms with Crippen LogP contribution in [0.3, 0.4) is 0 Å². The molecular weight excluding hydrogens is 266 g/mol. The van der Waals surface area contributed by atoms with Crippen molar-refractivity contribution in [1.29, 1.82) is 0 Å². The van der Waals surface area contributed by atoms with E-state index in [2.05, 4.69) is 5.32 Å². The largest absolute Gasteiger partial charge is 0.376 e. The van der Waals surface area contributed by atoms with Crippen LogP contribution in [0.15, 0.2) is 29.2 Å². The zero-order valence-corrected chi connectivity index (χ0v) is 12.4. The van der Waals surface area contributed by atoms with Crippen molar-refractivity contribution in [1.82, 2.24) is 9.21 Å². The molecule has 7 heteroatoms.